The summed E-state index contributed by atoms with van der Waals surface area (Å²) in [6.07, 6.45) is 4.24. The Morgan fingerprint density at radius 2 is 2.28 bits per heavy atom. The van der Waals surface area contributed by atoms with Crippen molar-refractivity contribution in [2.75, 3.05) is 18.0 Å². The van der Waals surface area contributed by atoms with Crippen molar-refractivity contribution in [1.82, 2.24) is 15.3 Å². The van der Waals surface area contributed by atoms with Crippen molar-refractivity contribution in [2.45, 2.75) is 38.6 Å². The number of anilines is 1. The maximum atomic E-state index is 12.0. The largest absolute Gasteiger partial charge is 0.346 e. The molecule has 3 rings (SSSR count). The van der Waals surface area contributed by atoms with Crippen molar-refractivity contribution >= 4 is 22.4 Å². The quantitative estimate of drug-likeness (QED) is 0.842. The van der Waals surface area contributed by atoms with Crippen molar-refractivity contribution in [1.29, 1.82) is 0 Å². The van der Waals surface area contributed by atoms with E-state index >= 15 is 0 Å². The first-order chi connectivity index (χ1) is 11.9. The molecule has 0 radical (unpaired) electrons. The highest BCUT2D eigenvalue weighted by molar-refractivity contribution is 7.13. The molecule has 1 atom stereocenters. The van der Waals surface area contributed by atoms with Gasteiger partial charge in [-0.1, -0.05) is 26.7 Å². The molecular formula is C19H22N4OS. The average molecular weight is 354 g/mol. The molecule has 6 heteroatoms. The first kappa shape index (κ1) is 17.4. The number of hydrogen-bond acceptors (Lipinski definition) is 5. The van der Waals surface area contributed by atoms with Crippen molar-refractivity contribution in [3.63, 3.8) is 0 Å². The molecule has 0 spiro atoms. The van der Waals surface area contributed by atoms with E-state index in [2.05, 4.69) is 53.2 Å². The maximum Gasteiger partial charge on any atom is 0.296 e. The van der Waals surface area contributed by atoms with Gasteiger partial charge in [0.05, 0.1) is 5.69 Å². The van der Waals surface area contributed by atoms with Gasteiger partial charge in [-0.25, -0.2) is 4.98 Å². The molecule has 1 N–H and O–H groups in total. The van der Waals surface area contributed by atoms with Crippen LogP contribution < -0.4 is 10.2 Å². The van der Waals surface area contributed by atoms with Crippen LogP contribution in [-0.4, -0.2) is 35.0 Å². The summed E-state index contributed by atoms with van der Waals surface area (Å²) in [4.78, 5) is 23.0. The highest BCUT2D eigenvalue weighted by Gasteiger charge is 2.27. The van der Waals surface area contributed by atoms with Gasteiger partial charge in [-0.2, -0.15) is 0 Å². The van der Waals surface area contributed by atoms with Crippen LogP contribution in [0.5, 0.6) is 0 Å². The van der Waals surface area contributed by atoms with Crippen LogP contribution in [0.15, 0.2) is 29.9 Å². The molecule has 0 bridgehead atoms. The molecule has 1 saturated heterocycles. The number of aromatic nitrogens is 2. The van der Waals surface area contributed by atoms with Crippen LogP contribution in [0.25, 0.3) is 0 Å². The highest BCUT2D eigenvalue weighted by Crippen LogP contribution is 2.30. The van der Waals surface area contributed by atoms with Crippen LogP contribution in [0.3, 0.4) is 0 Å². The Balaban J connectivity index is 1.55. The summed E-state index contributed by atoms with van der Waals surface area (Å²) in [6.45, 7) is 8.18. The fourth-order valence-electron chi connectivity index (χ4n) is 2.59. The van der Waals surface area contributed by atoms with Gasteiger partial charge in [0.2, 0.25) is 0 Å². The summed E-state index contributed by atoms with van der Waals surface area (Å²) < 4.78 is 0. The van der Waals surface area contributed by atoms with Crippen molar-refractivity contribution in [2.24, 2.45) is 0 Å². The van der Waals surface area contributed by atoms with Crippen LogP contribution in [-0.2, 0) is 10.2 Å². The van der Waals surface area contributed by atoms with Crippen LogP contribution in [0.4, 0.5) is 5.13 Å². The molecule has 1 aliphatic rings. The van der Waals surface area contributed by atoms with Crippen LogP contribution >= 0.6 is 11.3 Å². The lowest BCUT2D eigenvalue weighted by molar-refractivity contribution is -0.116. The van der Waals surface area contributed by atoms with E-state index in [0.717, 1.165) is 35.9 Å². The van der Waals surface area contributed by atoms with Gasteiger partial charge in [0, 0.05) is 53.8 Å². The topological polar surface area (TPSA) is 58.1 Å². The third kappa shape index (κ3) is 4.58. The normalized spacial score (nSPS) is 17.1. The van der Waals surface area contributed by atoms with E-state index in [1.54, 1.807) is 29.8 Å². The van der Waals surface area contributed by atoms with E-state index < -0.39 is 0 Å². The van der Waals surface area contributed by atoms with E-state index in [-0.39, 0.29) is 17.4 Å². The van der Waals surface area contributed by atoms with Crippen molar-refractivity contribution < 1.29 is 4.79 Å². The minimum atomic E-state index is -0.245. The summed E-state index contributed by atoms with van der Waals surface area (Å²) in [5, 5.41) is 6.14. The monoisotopic (exact) mass is 354 g/mol. The molecule has 25 heavy (non-hydrogen) atoms. The molecule has 1 aliphatic heterocycles. The van der Waals surface area contributed by atoms with Gasteiger partial charge >= 0.3 is 0 Å². The Kier molecular flexibility index (Phi) is 5.05. The average Bonchev–Trinajstić information content (AvgIpc) is 3.22. The second-order valence-electron chi connectivity index (χ2n) is 7.16. The number of nitrogens with one attached hydrogen (secondary N) is 1. The second kappa shape index (κ2) is 7.24. The lowest BCUT2D eigenvalue weighted by Gasteiger charge is -2.17. The van der Waals surface area contributed by atoms with E-state index in [1.807, 2.05) is 6.07 Å². The number of carbonyl (C=O) groups is 1. The Morgan fingerprint density at radius 1 is 1.44 bits per heavy atom. The Morgan fingerprint density at radius 3 is 2.96 bits per heavy atom. The molecule has 0 aliphatic carbocycles. The summed E-state index contributed by atoms with van der Waals surface area (Å²) in [6, 6.07) is 3.74. The van der Waals surface area contributed by atoms with E-state index in [4.69, 9.17) is 4.98 Å². The summed E-state index contributed by atoms with van der Waals surface area (Å²) in [5.41, 5.74) is 1.91. The lowest BCUT2D eigenvalue weighted by Crippen LogP contribution is -2.36. The van der Waals surface area contributed by atoms with Crippen molar-refractivity contribution in [3.05, 3.63) is 41.2 Å². The first-order valence-corrected chi connectivity index (χ1v) is 9.23. The molecule has 1 unspecified atom stereocenters. The summed E-state index contributed by atoms with van der Waals surface area (Å²) in [5.74, 6) is 5.22. The minimum absolute atomic E-state index is 0.0595. The SMILES string of the molecule is CC(C)(C)c1csc(N2CCC(NC(=O)C#Cc3cccnc3)C2)n1. The lowest BCUT2D eigenvalue weighted by atomic mass is 9.93. The third-order valence-corrected chi connectivity index (χ3v) is 4.94. The second-order valence-corrected chi connectivity index (χ2v) is 8.00. The number of thiazole rings is 1. The maximum absolute atomic E-state index is 12.0. The zero-order valence-corrected chi connectivity index (χ0v) is 15.6. The summed E-state index contributed by atoms with van der Waals surface area (Å²) >= 11 is 1.67. The third-order valence-electron chi connectivity index (χ3n) is 4.04. The predicted molar refractivity (Wildman–Crippen MR) is 101 cm³/mol. The van der Waals surface area contributed by atoms with Gasteiger partial charge in [-0.05, 0) is 18.6 Å². The van der Waals surface area contributed by atoms with Gasteiger partial charge in [-0.15, -0.1) is 11.3 Å². The van der Waals surface area contributed by atoms with Crippen LogP contribution in [0.2, 0.25) is 0 Å². The molecule has 1 fully saturated rings. The van der Waals surface area contributed by atoms with Gasteiger partial charge in [0.1, 0.15) is 0 Å². The molecular weight excluding hydrogens is 332 g/mol. The predicted octanol–water partition coefficient (Wildman–Crippen LogP) is 2.58. The van der Waals surface area contributed by atoms with Gasteiger partial charge < -0.3 is 10.2 Å². The minimum Gasteiger partial charge on any atom is -0.346 e. The molecule has 1 amide bonds. The zero-order chi connectivity index (χ0) is 17.9. The van der Waals surface area contributed by atoms with E-state index in [0.29, 0.717) is 0 Å². The van der Waals surface area contributed by atoms with Crippen LogP contribution in [0.1, 0.15) is 38.4 Å². The molecule has 0 aromatic carbocycles. The number of amides is 1. The standard InChI is InChI=1S/C19H22N4OS/c1-19(2,3)16-13-25-18(22-16)23-10-8-15(12-23)21-17(24)7-6-14-5-4-9-20-11-14/h4-5,9,11,13,15H,8,10,12H2,1-3H3,(H,21,24). The molecule has 2 aromatic rings. The molecule has 2 aromatic heterocycles. The molecule has 3 heterocycles. The van der Waals surface area contributed by atoms with Gasteiger partial charge in [0.25, 0.3) is 5.91 Å². The fourth-order valence-corrected chi connectivity index (χ4v) is 3.68. The van der Waals surface area contributed by atoms with E-state index in [9.17, 15) is 4.79 Å². The van der Waals surface area contributed by atoms with Gasteiger partial charge in [-0.3, -0.25) is 9.78 Å². The van der Waals surface area contributed by atoms with Crippen molar-refractivity contribution in [3.8, 4) is 11.8 Å². The highest BCUT2D eigenvalue weighted by atomic mass is 32.1. The summed E-state index contributed by atoms with van der Waals surface area (Å²) in [7, 11) is 0. The Labute approximate surface area is 152 Å². The Bertz CT molecular complexity index is 798. The van der Waals surface area contributed by atoms with E-state index in [1.165, 1.54) is 0 Å². The number of hydrogen-bond donors (Lipinski definition) is 1. The number of pyridine rings is 1. The number of rotatable bonds is 2. The first-order valence-electron chi connectivity index (χ1n) is 8.35. The number of carbonyl (C=O) groups excluding carboxylic acids is 1. The smallest absolute Gasteiger partial charge is 0.296 e. The van der Waals surface area contributed by atoms with Crippen LogP contribution in [0, 0.1) is 11.8 Å². The molecule has 130 valence electrons. The molecule has 0 saturated carbocycles. The van der Waals surface area contributed by atoms with Gasteiger partial charge in [0.15, 0.2) is 5.13 Å². The fraction of sp³-hybridized carbons (Fsp3) is 0.421. The Hall–Kier alpha value is -2.39. The molecule has 5 nitrogen and oxygen atoms in total. The zero-order valence-electron chi connectivity index (χ0n) is 14.7. The number of nitrogens with zero attached hydrogens (tertiary/aromatic N) is 3.